The molecule has 0 spiro atoms. The molecule has 7 heteroatoms. The highest BCUT2D eigenvalue weighted by atomic mass is 35.5. The molecule has 0 fully saturated rings. The highest BCUT2D eigenvalue weighted by molar-refractivity contribution is 7.14. The molecule has 1 aliphatic carbocycles. The van der Waals surface area contributed by atoms with Gasteiger partial charge in [0.15, 0.2) is 0 Å². The van der Waals surface area contributed by atoms with Crippen molar-refractivity contribution in [2.75, 3.05) is 0 Å². The topological polar surface area (TPSA) is 58.2 Å². The third-order valence-electron chi connectivity index (χ3n) is 3.94. The van der Waals surface area contributed by atoms with Gasteiger partial charge in [0.2, 0.25) is 0 Å². The second kappa shape index (κ2) is 7.32. The lowest BCUT2D eigenvalue weighted by molar-refractivity contribution is 0.0849. The van der Waals surface area contributed by atoms with E-state index in [2.05, 4.69) is 10.9 Å². The molecule has 0 bridgehead atoms. The number of rotatable bonds is 2. The van der Waals surface area contributed by atoms with Crippen LogP contribution in [0.1, 0.15) is 49.7 Å². The molecule has 126 valence electrons. The molecule has 0 saturated carbocycles. The van der Waals surface area contributed by atoms with Crippen molar-refractivity contribution < 1.29 is 14.0 Å². The van der Waals surface area contributed by atoms with Gasteiger partial charge in [-0.25, -0.2) is 4.39 Å². The first-order chi connectivity index (χ1) is 11.5. The van der Waals surface area contributed by atoms with Crippen LogP contribution in [-0.4, -0.2) is 11.8 Å². The average molecular weight is 367 g/mol. The number of carbonyl (C=O) groups is 2. The van der Waals surface area contributed by atoms with Gasteiger partial charge in [-0.2, -0.15) is 0 Å². The summed E-state index contributed by atoms with van der Waals surface area (Å²) in [5, 5.41) is -0.00964. The predicted molar refractivity (Wildman–Crippen MR) is 91.9 cm³/mol. The minimum atomic E-state index is -0.591. The standard InChI is InChI=1S/C17H16ClFN2O2S/c18-13-9-11(19)6-7-12(13)16(22)20-21-17(23)15-8-10-4-2-1-3-5-14(10)24-15/h6-9H,1-5H2,(H,20,22)(H,21,23). The Kier molecular flexibility index (Phi) is 5.16. The average Bonchev–Trinajstić information content (AvgIpc) is 2.83. The van der Waals surface area contributed by atoms with E-state index in [-0.39, 0.29) is 16.5 Å². The maximum absolute atomic E-state index is 13.0. The number of fused-ring (bicyclic) bond motifs is 1. The highest BCUT2D eigenvalue weighted by Gasteiger charge is 2.17. The van der Waals surface area contributed by atoms with Crippen LogP contribution in [-0.2, 0) is 12.8 Å². The molecule has 3 rings (SSSR count). The van der Waals surface area contributed by atoms with Crippen molar-refractivity contribution in [1.82, 2.24) is 10.9 Å². The third-order valence-corrected chi connectivity index (χ3v) is 5.48. The van der Waals surface area contributed by atoms with Crippen molar-refractivity contribution in [3.8, 4) is 0 Å². The minimum Gasteiger partial charge on any atom is -0.267 e. The monoisotopic (exact) mass is 366 g/mol. The molecular weight excluding hydrogens is 351 g/mol. The van der Waals surface area contributed by atoms with Crippen LogP contribution in [0.4, 0.5) is 4.39 Å². The Morgan fingerprint density at radius 2 is 1.79 bits per heavy atom. The third kappa shape index (κ3) is 3.76. The SMILES string of the molecule is O=C(NNC(=O)c1ccc(F)cc1Cl)c1cc2c(s1)CCCCC2. The molecule has 0 radical (unpaired) electrons. The van der Waals surface area contributed by atoms with E-state index < -0.39 is 11.7 Å². The van der Waals surface area contributed by atoms with E-state index in [1.165, 1.54) is 34.3 Å². The smallest absolute Gasteiger partial charge is 0.267 e. The maximum atomic E-state index is 13.0. The molecule has 4 nitrogen and oxygen atoms in total. The quantitative estimate of drug-likeness (QED) is 0.626. The Morgan fingerprint density at radius 3 is 2.58 bits per heavy atom. The van der Waals surface area contributed by atoms with Crippen molar-refractivity contribution in [3.05, 3.63) is 56.0 Å². The summed E-state index contributed by atoms with van der Waals surface area (Å²) in [5.74, 6) is -1.48. The summed E-state index contributed by atoms with van der Waals surface area (Å²) >= 11 is 7.30. The Bertz CT molecular complexity index is 767. The molecule has 1 aromatic heterocycles. The summed E-state index contributed by atoms with van der Waals surface area (Å²) < 4.78 is 13.0. The van der Waals surface area contributed by atoms with Crippen LogP contribution >= 0.6 is 22.9 Å². The van der Waals surface area contributed by atoms with Gasteiger partial charge in [-0.15, -0.1) is 11.3 Å². The number of carbonyl (C=O) groups excluding carboxylic acids is 2. The van der Waals surface area contributed by atoms with E-state index in [9.17, 15) is 14.0 Å². The van der Waals surface area contributed by atoms with Crippen LogP contribution < -0.4 is 10.9 Å². The van der Waals surface area contributed by atoms with Gasteiger partial charge < -0.3 is 0 Å². The van der Waals surface area contributed by atoms with Gasteiger partial charge in [-0.3, -0.25) is 20.4 Å². The normalized spacial score (nSPS) is 13.8. The van der Waals surface area contributed by atoms with Crippen LogP contribution in [0.5, 0.6) is 0 Å². The van der Waals surface area contributed by atoms with Gasteiger partial charge in [0.05, 0.1) is 15.5 Å². The molecule has 0 unspecified atom stereocenters. The van der Waals surface area contributed by atoms with Crippen LogP contribution in [0.15, 0.2) is 24.3 Å². The Morgan fingerprint density at radius 1 is 1.04 bits per heavy atom. The number of hydrazine groups is 1. The van der Waals surface area contributed by atoms with Gasteiger partial charge in [0.25, 0.3) is 11.8 Å². The number of benzene rings is 1. The molecule has 1 heterocycles. The van der Waals surface area contributed by atoms with Gasteiger partial charge in [0, 0.05) is 4.88 Å². The van der Waals surface area contributed by atoms with Crippen molar-refractivity contribution in [1.29, 1.82) is 0 Å². The molecule has 2 N–H and O–H groups in total. The summed E-state index contributed by atoms with van der Waals surface area (Å²) in [4.78, 5) is 26.1. The summed E-state index contributed by atoms with van der Waals surface area (Å²) in [6, 6.07) is 5.36. The van der Waals surface area contributed by atoms with Crippen LogP contribution in [0.25, 0.3) is 0 Å². The molecule has 24 heavy (non-hydrogen) atoms. The molecule has 1 aliphatic rings. The van der Waals surface area contributed by atoms with E-state index in [1.54, 1.807) is 0 Å². The molecule has 2 aromatic rings. The number of hydrogen-bond acceptors (Lipinski definition) is 3. The van der Waals surface area contributed by atoms with Crippen LogP contribution in [0.3, 0.4) is 0 Å². The summed E-state index contributed by atoms with van der Waals surface area (Å²) in [7, 11) is 0. The second-order valence-electron chi connectivity index (χ2n) is 5.65. The van der Waals surface area contributed by atoms with Crippen molar-refractivity contribution in [2.24, 2.45) is 0 Å². The Hall–Kier alpha value is -1.92. The van der Waals surface area contributed by atoms with Gasteiger partial charge >= 0.3 is 0 Å². The largest absolute Gasteiger partial charge is 0.279 e. The lowest BCUT2D eigenvalue weighted by atomic mass is 10.1. The predicted octanol–water partition coefficient (Wildman–Crippen LogP) is 3.88. The lowest BCUT2D eigenvalue weighted by Crippen LogP contribution is -2.41. The number of hydrogen-bond donors (Lipinski definition) is 2. The number of nitrogens with one attached hydrogen (secondary N) is 2. The summed E-state index contributed by atoms with van der Waals surface area (Å²) in [6.45, 7) is 0. The zero-order valence-corrected chi connectivity index (χ0v) is 14.4. The van der Waals surface area contributed by atoms with Crippen molar-refractivity contribution in [3.63, 3.8) is 0 Å². The fourth-order valence-electron chi connectivity index (χ4n) is 2.70. The lowest BCUT2D eigenvalue weighted by Gasteiger charge is -2.07. The first-order valence-electron chi connectivity index (χ1n) is 7.72. The Balaban J connectivity index is 1.64. The first-order valence-corrected chi connectivity index (χ1v) is 8.91. The molecule has 0 saturated heterocycles. The van der Waals surface area contributed by atoms with Crippen molar-refractivity contribution >= 4 is 34.8 Å². The fraction of sp³-hybridized carbons (Fsp3) is 0.294. The Labute approximate surface area is 148 Å². The van der Waals surface area contributed by atoms with Crippen molar-refractivity contribution in [2.45, 2.75) is 32.1 Å². The fourth-order valence-corrected chi connectivity index (χ4v) is 4.10. The maximum Gasteiger partial charge on any atom is 0.279 e. The van der Waals surface area contributed by atoms with Gasteiger partial charge in [-0.05, 0) is 55.5 Å². The molecule has 1 aromatic carbocycles. The van der Waals surface area contributed by atoms with Gasteiger partial charge in [0.1, 0.15) is 5.82 Å². The van der Waals surface area contributed by atoms with E-state index in [0.29, 0.717) is 4.88 Å². The van der Waals surface area contributed by atoms with E-state index in [4.69, 9.17) is 11.6 Å². The highest BCUT2D eigenvalue weighted by Crippen LogP contribution is 2.28. The first kappa shape index (κ1) is 16.9. The van der Waals surface area contributed by atoms with E-state index in [0.717, 1.165) is 37.8 Å². The molecule has 0 atom stereocenters. The van der Waals surface area contributed by atoms with E-state index in [1.807, 2.05) is 6.07 Å². The van der Waals surface area contributed by atoms with Crippen LogP contribution in [0.2, 0.25) is 5.02 Å². The summed E-state index contributed by atoms with van der Waals surface area (Å²) in [5.41, 5.74) is 6.02. The second-order valence-corrected chi connectivity index (χ2v) is 7.20. The molecule has 0 aliphatic heterocycles. The number of halogens is 2. The zero-order chi connectivity index (χ0) is 17.1. The number of aryl methyl sites for hydroxylation is 2. The molecule has 2 amide bonds. The van der Waals surface area contributed by atoms with Crippen LogP contribution in [0, 0.1) is 5.82 Å². The zero-order valence-electron chi connectivity index (χ0n) is 12.8. The number of thiophene rings is 1. The van der Waals surface area contributed by atoms with E-state index >= 15 is 0 Å². The molecular formula is C17H16ClFN2O2S. The summed E-state index contributed by atoms with van der Waals surface area (Å²) in [6.07, 6.45) is 5.51. The minimum absolute atomic E-state index is 0.00964. The number of amides is 2. The van der Waals surface area contributed by atoms with Gasteiger partial charge in [-0.1, -0.05) is 18.0 Å².